The van der Waals surface area contributed by atoms with Gasteiger partial charge in [-0.25, -0.2) is 0 Å². The molecule has 2 aromatic rings. The molecule has 1 aromatic carbocycles. The quantitative estimate of drug-likeness (QED) is 0.820. The van der Waals surface area contributed by atoms with Crippen LogP contribution in [0.25, 0.3) is 11.0 Å². The first kappa shape index (κ1) is 13.5. The number of para-hydroxylation sites is 1. The Morgan fingerprint density at radius 3 is 2.82 bits per heavy atom. The molecular weight excluding hydrogens is 240 g/mol. The number of carbonyl (C=O) groups is 1. The number of carbonyl (C=O) groups excluding carboxylic acids is 1. The Morgan fingerprint density at radius 1 is 1.35 bits per heavy atom. The fraction of sp³-hybridized carbons (Fsp3) is 0.250. The highest BCUT2D eigenvalue weighted by Gasteiger charge is 2.10. The SMILES string of the molecule is Cl.NCCCNC(=O)c1cc2ccccc2o1. The standard InChI is InChI=1S/C12H14N2O2.ClH/c13-6-3-7-14-12(15)11-8-9-4-1-2-5-10(9)16-11;/h1-2,4-5,8H,3,6-7,13H2,(H,14,15);1H. The topological polar surface area (TPSA) is 68.3 Å². The Balaban J connectivity index is 0.00000144. The van der Waals surface area contributed by atoms with Crippen molar-refractivity contribution < 1.29 is 9.21 Å². The highest BCUT2D eigenvalue weighted by atomic mass is 35.5. The third-order valence-corrected chi connectivity index (χ3v) is 2.32. The molecule has 1 amide bonds. The maximum atomic E-state index is 11.6. The highest BCUT2D eigenvalue weighted by Crippen LogP contribution is 2.18. The summed E-state index contributed by atoms with van der Waals surface area (Å²) in [5.74, 6) is 0.155. The van der Waals surface area contributed by atoms with Crippen LogP contribution in [0.4, 0.5) is 0 Å². The minimum atomic E-state index is -0.190. The van der Waals surface area contributed by atoms with Gasteiger partial charge in [-0.2, -0.15) is 0 Å². The zero-order valence-corrected chi connectivity index (χ0v) is 10.1. The van der Waals surface area contributed by atoms with Crippen LogP contribution in [0.5, 0.6) is 0 Å². The monoisotopic (exact) mass is 254 g/mol. The van der Waals surface area contributed by atoms with Crippen molar-refractivity contribution in [3.63, 3.8) is 0 Å². The number of benzene rings is 1. The van der Waals surface area contributed by atoms with Crippen LogP contribution in [-0.4, -0.2) is 19.0 Å². The minimum Gasteiger partial charge on any atom is -0.451 e. The van der Waals surface area contributed by atoms with Crippen molar-refractivity contribution in [1.82, 2.24) is 5.32 Å². The first-order valence-corrected chi connectivity index (χ1v) is 5.28. The smallest absolute Gasteiger partial charge is 0.287 e. The number of rotatable bonds is 4. The first-order chi connectivity index (χ1) is 7.81. The Hall–Kier alpha value is -1.52. The van der Waals surface area contributed by atoms with Crippen molar-refractivity contribution in [3.05, 3.63) is 36.1 Å². The van der Waals surface area contributed by atoms with Crippen LogP contribution in [0.1, 0.15) is 17.0 Å². The number of nitrogens with one attached hydrogen (secondary N) is 1. The molecule has 0 bridgehead atoms. The van der Waals surface area contributed by atoms with Gasteiger partial charge in [0.15, 0.2) is 5.76 Å². The van der Waals surface area contributed by atoms with E-state index in [1.54, 1.807) is 6.07 Å². The lowest BCUT2D eigenvalue weighted by Gasteiger charge is -2.00. The molecule has 0 aliphatic carbocycles. The number of hydrogen-bond donors (Lipinski definition) is 2. The molecule has 0 aliphatic heterocycles. The summed E-state index contributed by atoms with van der Waals surface area (Å²) in [7, 11) is 0. The molecular formula is C12H15ClN2O2. The zero-order valence-electron chi connectivity index (χ0n) is 9.31. The number of fused-ring (bicyclic) bond motifs is 1. The van der Waals surface area contributed by atoms with Crippen LogP contribution < -0.4 is 11.1 Å². The molecule has 5 heteroatoms. The number of amides is 1. The molecule has 0 saturated heterocycles. The normalized spacial score (nSPS) is 9.94. The van der Waals surface area contributed by atoms with Crippen LogP contribution in [0, 0.1) is 0 Å². The lowest BCUT2D eigenvalue weighted by atomic mass is 10.2. The van der Waals surface area contributed by atoms with Crippen molar-refractivity contribution in [2.24, 2.45) is 5.73 Å². The summed E-state index contributed by atoms with van der Waals surface area (Å²) < 4.78 is 5.42. The van der Waals surface area contributed by atoms with Crippen molar-refractivity contribution >= 4 is 29.3 Å². The summed E-state index contributed by atoms with van der Waals surface area (Å²) in [6, 6.07) is 9.28. The van der Waals surface area contributed by atoms with Crippen molar-refractivity contribution in [1.29, 1.82) is 0 Å². The molecule has 1 heterocycles. The van der Waals surface area contributed by atoms with Gasteiger partial charge in [-0.1, -0.05) is 18.2 Å². The number of furan rings is 1. The Labute approximate surface area is 106 Å². The summed E-state index contributed by atoms with van der Waals surface area (Å²) in [4.78, 5) is 11.6. The molecule has 0 spiro atoms. The van der Waals surface area contributed by atoms with Gasteiger partial charge in [0.2, 0.25) is 0 Å². The van der Waals surface area contributed by atoms with Crippen molar-refractivity contribution in [2.45, 2.75) is 6.42 Å². The van der Waals surface area contributed by atoms with E-state index in [2.05, 4.69) is 5.32 Å². The van der Waals surface area contributed by atoms with Gasteiger partial charge >= 0.3 is 0 Å². The summed E-state index contributed by atoms with van der Waals surface area (Å²) in [5.41, 5.74) is 6.07. The summed E-state index contributed by atoms with van der Waals surface area (Å²) in [6.07, 6.45) is 0.770. The molecule has 0 unspecified atom stereocenters. The van der Waals surface area contributed by atoms with Crippen LogP contribution in [0.3, 0.4) is 0 Å². The van der Waals surface area contributed by atoms with Crippen LogP contribution in [0.15, 0.2) is 34.7 Å². The molecule has 2 rings (SSSR count). The van der Waals surface area contributed by atoms with Crippen LogP contribution in [0.2, 0.25) is 0 Å². The summed E-state index contributed by atoms with van der Waals surface area (Å²) in [5, 5.41) is 3.68. The number of halogens is 1. The molecule has 0 saturated carbocycles. The maximum Gasteiger partial charge on any atom is 0.287 e. The first-order valence-electron chi connectivity index (χ1n) is 5.28. The fourth-order valence-corrected chi connectivity index (χ4v) is 1.48. The second kappa shape index (κ2) is 6.27. The Bertz CT molecular complexity index is 463. The van der Waals surface area contributed by atoms with Gasteiger partial charge in [0.05, 0.1) is 0 Å². The minimum absolute atomic E-state index is 0. The van der Waals surface area contributed by atoms with E-state index >= 15 is 0 Å². The van der Waals surface area contributed by atoms with E-state index in [0.29, 0.717) is 18.8 Å². The van der Waals surface area contributed by atoms with E-state index < -0.39 is 0 Å². The van der Waals surface area contributed by atoms with Gasteiger partial charge < -0.3 is 15.5 Å². The average Bonchev–Trinajstić information content (AvgIpc) is 2.73. The van der Waals surface area contributed by atoms with Crippen molar-refractivity contribution in [2.75, 3.05) is 13.1 Å². The van der Waals surface area contributed by atoms with Crippen molar-refractivity contribution in [3.8, 4) is 0 Å². The summed E-state index contributed by atoms with van der Waals surface area (Å²) >= 11 is 0. The predicted molar refractivity (Wildman–Crippen MR) is 69.5 cm³/mol. The van der Waals surface area contributed by atoms with E-state index in [1.165, 1.54) is 0 Å². The van der Waals surface area contributed by atoms with Gasteiger partial charge in [-0.15, -0.1) is 12.4 Å². The lowest BCUT2D eigenvalue weighted by molar-refractivity contribution is 0.0928. The third kappa shape index (κ3) is 3.22. The van der Waals surface area contributed by atoms with E-state index in [4.69, 9.17) is 10.2 Å². The largest absolute Gasteiger partial charge is 0.451 e. The second-order valence-electron chi connectivity index (χ2n) is 3.55. The molecule has 4 nitrogen and oxygen atoms in total. The van der Waals surface area contributed by atoms with E-state index in [-0.39, 0.29) is 18.3 Å². The molecule has 0 aliphatic rings. The predicted octanol–water partition coefficient (Wildman–Crippen LogP) is 1.93. The average molecular weight is 255 g/mol. The fourth-order valence-electron chi connectivity index (χ4n) is 1.48. The van der Waals surface area contributed by atoms with E-state index in [9.17, 15) is 4.79 Å². The van der Waals surface area contributed by atoms with E-state index in [0.717, 1.165) is 17.4 Å². The summed E-state index contributed by atoms with van der Waals surface area (Å²) in [6.45, 7) is 1.15. The maximum absolute atomic E-state index is 11.6. The third-order valence-electron chi connectivity index (χ3n) is 2.32. The van der Waals surface area contributed by atoms with Crippen LogP contribution in [-0.2, 0) is 0 Å². The van der Waals surface area contributed by atoms with Gasteiger partial charge in [0, 0.05) is 11.9 Å². The highest BCUT2D eigenvalue weighted by molar-refractivity contribution is 5.95. The lowest BCUT2D eigenvalue weighted by Crippen LogP contribution is -2.25. The van der Waals surface area contributed by atoms with Gasteiger partial charge in [0.25, 0.3) is 5.91 Å². The molecule has 0 fully saturated rings. The van der Waals surface area contributed by atoms with Gasteiger partial charge in [-0.05, 0) is 25.1 Å². The molecule has 92 valence electrons. The molecule has 1 aromatic heterocycles. The number of hydrogen-bond acceptors (Lipinski definition) is 3. The van der Waals surface area contributed by atoms with Crippen LogP contribution >= 0.6 is 12.4 Å². The molecule has 0 radical (unpaired) electrons. The van der Waals surface area contributed by atoms with E-state index in [1.807, 2.05) is 24.3 Å². The van der Waals surface area contributed by atoms with Gasteiger partial charge in [-0.3, -0.25) is 4.79 Å². The molecule has 17 heavy (non-hydrogen) atoms. The van der Waals surface area contributed by atoms with Gasteiger partial charge in [0.1, 0.15) is 5.58 Å². The second-order valence-corrected chi connectivity index (χ2v) is 3.55. The number of nitrogens with two attached hydrogens (primary N) is 1. The Morgan fingerprint density at radius 2 is 2.12 bits per heavy atom. The zero-order chi connectivity index (χ0) is 11.4. The Kier molecular flexibility index (Phi) is 5.00. The molecule has 3 N–H and O–H groups in total. The molecule has 0 atom stereocenters.